The molecule has 58 heavy (non-hydrogen) atoms. The summed E-state index contributed by atoms with van der Waals surface area (Å²) in [4.78, 5) is 0. The molecule has 1 N–H and O–H groups in total. The van der Waals surface area contributed by atoms with Gasteiger partial charge in [0.1, 0.15) is 36.6 Å². The van der Waals surface area contributed by atoms with E-state index >= 15 is 0 Å². The monoisotopic (exact) mass is 790 g/mol. The molecule has 10 nitrogen and oxygen atoms in total. The van der Waals surface area contributed by atoms with E-state index in [4.69, 9.17) is 42.6 Å². The van der Waals surface area contributed by atoms with Crippen molar-refractivity contribution in [1.29, 1.82) is 0 Å². The van der Waals surface area contributed by atoms with Crippen LogP contribution in [0.25, 0.3) is 0 Å². The molecule has 3 aliphatic heterocycles. The van der Waals surface area contributed by atoms with Crippen LogP contribution in [0.15, 0.2) is 152 Å². The van der Waals surface area contributed by atoms with Crippen LogP contribution in [0.4, 0.5) is 0 Å². The second-order valence-corrected chi connectivity index (χ2v) is 15.0. The summed E-state index contributed by atoms with van der Waals surface area (Å²) in [6, 6.07) is 49.8. The number of hydrogen-bond acceptors (Lipinski definition) is 10. The molecule has 8 atom stereocenters. The molecule has 0 saturated carbocycles. The molecule has 8 rings (SSSR count). The van der Waals surface area contributed by atoms with E-state index in [2.05, 4.69) is 0 Å². The van der Waals surface area contributed by atoms with Crippen LogP contribution in [-0.2, 0) is 75.7 Å². The lowest BCUT2D eigenvalue weighted by Gasteiger charge is -2.26. The first-order valence-electron chi connectivity index (χ1n) is 19.9. The Hall–Kier alpha value is -4.30. The summed E-state index contributed by atoms with van der Waals surface area (Å²) < 4.78 is 53.9. The first-order chi connectivity index (χ1) is 28.4. The van der Waals surface area contributed by atoms with Crippen LogP contribution in [-0.4, -0.2) is 73.3 Å². The Kier molecular flexibility index (Phi) is 15.2. The quantitative estimate of drug-likeness (QED) is 0.101. The number of aliphatic hydroxyl groups excluding tert-OH is 1. The SMILES string of the molecule is CC1(C)O[C@H]2O[C@H](COCc3ccccc3)C(OCc3ccccc3)[C@@H]2O1.O[C@H]1C(OCc2ccccc2)[C@@H](COCc2ccccc2)O[C@@H]1OCc1ccccc1. The van der Waals surface area contributed by atoms with Crippen molar-refractivity contribution in [2.75, 3.05) is 13.2 Å². The van der Waals surface area contributed by atoms with Crippen LogP contribution in [0.3, 0.4) is 0 Å². The van der Waals surface area contributed by atoms with Gasteiger partial charge in [-0.25, -0.2) is 0 Å². The van der Waals surface area contributed by atoms with Crippen molar-refractivity contribution in [2.45, 2.75) is 102 Å². The molecule has 0 spiro atoms. The average molecular weight is 791 g/mol. The highest BCUT2D eigenvalue weighted by atomic mass is 16.8. The van der Waals surface area contributed by atoms with Gasteiger partial charge in [0.15, 0.2) is 18.4 Å². The summed E-state index contributed by atoms with van der Waals surface area (Å²) in [7, 11) is 0. The van der Waals surface area contributed by atoms with E-state index in [-0.39, 0.29) is 18.3 Å². The zero-order valence-electron chi connectivity index (χ0n) is 33.1. The molecule has 3 heterocycles. The molecule has 3 aliphatic rings. The van der Waals surface area contributed by atoms with Crippen molar-refractivity contribution >= 4 is 0 Å². The van der Waals surface area contributed by atoms with Gasteiger partial charge in [-0.15, -0.1) is 0 Å². The third kappa shape index (κ3) is 12.1. The smallest absolute Gasteiger partial charge is 0.190 e. The van der Waals surface area contributed by atoms with Crippen LogP contribution in [0.1, 0.15) is 41.7 Å². The molecule has 2 unspecified atom stereocenters. The lowest BCUT2D eigenvalue weighted by Crippen LogP contribution is -2.38. The van der Waals surface area contributed by atoms with Gasteiger partial charge in [0, 0.05) is 0 Å². The van der Waals surface area contributed by atoms with Crippen LogP contribution in [0, 0.1) is 0 Å². The highest BCUT2D eigenvalue weighted by Crippen LogP contribution is 2.39. The minimum absolute atomic E-state index is 0.233. The van der Waals surface area contributed by atoms with E-state index in [9.17, 15) is 5.11 Å². The van der Waals surface area contributed by atoms with Crippen molar-refractivity contribution in [3.05, 3.63) is 179 Å². The van der Waals surface area contributed by atoms with Gasteiger partial charge in [-0.05, 0) is 41.7 Å². The normalized spacial score (nSPS) is 25.8. The molecule has 0 amide bonds. The number of ether oxygens (including phenoxy) is 9. The van der Waals surface area contributed by atoms with Gasteiger partial charge in [0.25, 0.3) is 0 Å². The Morgan fingerprint density at radius 3 is 1.29 bits per heavy atom. The third-order valence-electron chi connectivity index (χ3n) is 9.99. The van der Waals surface area contributed by atoms with E-state index in [1.807, 2.05) is 166 Å². The van der Waals surface area contributed by atoms with Gasteiger partial charge in [-0.3, -0.25) is 0 Å². The first kappa shape index (κ1) is 41.8. The second-order valence-electron chi connectivity index (χ2n) is 15.0. The van der Waals surface area contributed by atoms with Crippen LogP contribution in [0.2, 0.25) is 0 Å². The zero-order valence-corrected chi connectivity index (χ0v) is 33.1. The van der Waals surface area contributed by atoms with Gasteiger partial charge in [0.05, 0.1) is 46.2 Å². The van der Waals surface area contributed by atoms with Crippen molar-refractivity contribution in [2.24, 2.45) is 0 Å². The Bertz CT molecular complexity index is 1880. The molecule has 10 heteroatoms. The fourth-order valence-corrected chi connectivity index (χ4v) is 7.09. The fourth-order valence-electron chi connectivity index (χ4n) is 7.09. The van der Waals surface area contributed by atoms with E-state index in [1.165, 1.54) is 0 Å². The lowest BCUT2D eigenvalue weighted by atomic mass is 10.1. The topological polar surface area (TPSA) is 103 Å². The molecule has 5 aromatic carbocycles. The zero-order chi connectivity index (χ0) is 40.0. The Balaban J connectivity index is 0.000000178. The van der Waals surface area contributed by atoms with Crippen molar-refractivity contribution < 1.29 is 47.7 Å². The highest BCUT2D eigenvalue weighted by molar-refractivity contribution is 5.17. The van der Waals surface area contributed by atoms with Gasteiger partial charge >= 0.3 is 0 Å². The molecule has 3 fully saturated rings. The summed E-state index contributed by atoms with van der Waals surface area (Å²) in [5.41, 5.74) is 5.38. The van der Waals surface area contributed by atoms with Gasteiger partial charge in [-0.2, -0.15) is 0 Å². The molecule has 306 valence electrons. The molecule has 5 aromatic rings. The van der Waals surface area contributed by atoms with E-state index in [0.29, 0.717) is 46.2 Å². The molecule has 3 saturated heterocycles. The minimum Gasteiger partial charge on any atom is -0.385 e. The van der Waals surface area contributed by atoms with Gasteiger partial charge < -0.3 is 47.7 Å². The summed E-state index contributed by atoms with van der Waals surface area (Å²) in [6.07, 6.45) is -3.81. The standard InChI is InChI=1S/C26H28O5.C22H26O5/c27-24-25(29-17-21-12-6-2-7-13-21)23(19-28-16-20-10-4-1-5-11-20)31-26(24)30-18-22-14-8-3-9-15-22;1-22(2)26-20-19(24-14-17-11-7-4-8-12-17)18(25-21(20)27-22)15-23-13-16-9-5-3-6-10-16/h1-15,23-27H,16-19H2;3-12,18-21H,13-15H2,1-2H3/t23-,24+,25?,26+;18-,19?,20+,21-/m11/s1. The summed E-state index contributed by atoms with van der Waals surface area (Å²) in [5.74, 6) is -0.667. The maximum atomic E-state index is 10.9. The molecule has 0 aliphatic carbocycles. The maximum Gasteiger partial charge on any atom is 0.190 e. The van der Waals surface area contributed by atoms with Crippen LogP contribution in [0.5, 0.6) is 0 Å². The van der Waals surface area contributed by atoms with E-state index in [1.54, 1.807) is 0 Å². The molecule has 0 bridgehead atoms. The maximum absolute atomic E-state index is 10.9. The first-order valence-corrected chi connectivity index (χ1v) is 19.9. The molecular formula is C48H54O10. The highest BCUT2D eigenvalue weighted by Gasteiger charge is 2.55. The minimum atomic E-state index is -0.905. The van der Waals surface area contributed by atoms with E-state index in [0.717, 1.165) is 27.8 Å². The summed E-state index contributed by atoms with van der Waals surface area (Å²) in [5, 5.41) is 10.9. The summed E-state index contributed by atoms with van der Waals surface area (Å²) in [6.45, 7) is 6.75. The number of aliphatic hydroxyl groups is 1. The third-order valence-corrected chi connectivity index (χ3v) is 9.99. The van der Waals surface area contributed by atoms with E-state index < -0.39 is 36.7 Å². The fraction of sp³-hybridized carbons (Fsp3) is 0.375. The van der Waals surface area contributed by atoms with Gasteiger partial charge in [0.2, 0.25) is 0 Å². The Labute approximate surface area is 341 Å². The van der Waals surface area contributed by atoms with Crippen LogP contribution < -0.4 is 0 Å². The second kappa shape index (κ2) is 21.1. The number of benzene rings is 5. The molecular weight excluding hydrogens is 737 g/mol. The van der Waals surface area contributed by atoms with Crippen LogP contribution >= 0.6 is 0 Å². The summed E-state index contributed by atoms with van der Waals surface area (Å²) >= 11 is 0. The predicted octanol–water partition coefficient (Wildman–Crippen LogP) is 7.76. The number of rotatable bonds is 17. The van der Waals surface area contributed by atoms with Crippen molar-refractivity contribution in [3.63, 3.8) is 0 Å². The van der Waals surface area contributed by atoms with Crippen molar-refractivity contribution in [3.8, 4) is 0 Å². The number of fused-ring (bicyclic) bond motifs is 1. The molecule has 0 radical (unpaired) electrons. The largest absolute Gasteiger partial charge is 0.385 e. The van der Waals surface area contributed by atoms with Gasteiger partial charge in [-0.1, -0.05) is 152 Å². The lowest BCUT2D eigenvalue weighted by molar-refractivity contribution is -0.225. The average Bonchev–Trinajstić information content (AvgIpc) is 3.85. The Morgan fingerprint density at radius 1 is 0.466 bits per heavy atom. The number of hydrogen-bond donors (Lipinski definition) is 1. The predicted molar refractivity (Wildman–Crippen MR) is 217 cm³/mol. The van der Waals surface area contributed by atoms with Crippen molar-refractivity contribution in [1.82, 2.24) is 0 Å². The molecule has 0 aromatic heterocycles. The Morgan fingerprint density at radius 2 is 0.845 bits per heavy atom.